The van der Waals surface area contributed by atoms with Gasteiger partial charge in [0.2, 0.25) is 0 Å². The van der Waals surface area contributed by atoms with Gasteiger partial charge in [-0.25, -0.2) is 0 Å². The Morgan fingerprint density at radius 1 is 1.43 bits per heavy atom. The molecule has 5 heteroatoms. The van der Waals surface area contributed by atoms with Crippen molar-refractivity contribution in [2.24, 2.45) is 5.73 Å². The van der Waals surface area contributed by atoms with E-state index in [-0.39, 0.29) is 24.1 Å². The highest BCUT2D eigenvalue weighted by Gasteiger charge is 2.28. The van der Waals surface area contributed by atoms with Crippen molar-refractivity contribution in [3.05, 3.63) is 28.2 Å². The maximum absolute atomic E-state index is 12.7. The Kier molecular flexibility index (Phi) is 5.27. The zero-order chi connectivity index (χ0) is 15.6. The first-order chi connectivity index (χ1) is 9.86. The summed E-state index contributed by atoms with van der Waals surface area (Å²) in [5.74, 6) is 0.758. The lowest BCUT2D eigenvalue weighted by Gasteiger charge is -2.36. The minimum atomic E-state index is 0.0457. The first-order valence-corrected chi connectivity index (χ1v) is 8.20. The zero-order valence-electron chi connectivity index (χ0n) is 12.8. The normalized spacial score (nSPS) is 22.5. The van der Waals surface area contributed by atoms with Gasteiger partial charge >= 0.3 is 0 Å². The molecule has 2 rings (SSSR count). The van der Waals surface area contributed by atoms with Gasteiger partial charge in [0.1, 0.15) is 5.75 Å². The third-order valence-electron chi connectivity index (χ3n) is 3.67. The van der Waals surface area contributed by atoms with Crippen LogP contribution in [-0.4, -0.2) is 35.5 Å². The zero-order valence-corrected chi connectivity index (χ0v) is 14.4. The highest BCUT2D eigenvalue weighted by atomic mass is 79.9. The van der Waals surface area contributed by atoms with Crippen LogP contribution in [0.1, 0.15) is 44.0 Å². The molecule has 1 aromatic rings. The van der Waals surface area contributed by atoms with Crippen LogP contribution < -0.4 is 10.5 Å². The summed E-state index contributed by atoms with van der Waals surface area (Å²) in [5.41, 5.74) is 6.62. The van der Waals surface area contributed by atoms with Gasteiger partial charge in [-0.1, -0.05) is 15.9 Å². The van der Waals surface area contributed by atoms with Crippen LogP contribution in [0.15, 0.2) is 22.7 Å². The van der Waals surface area contributed by atoms with Crippen LogP contribution in [0.4, 0.5) is 0 Å². The first-order valence-electron chi connectivity index (χ1n) is 7.40. The molecule has 1 aliphatic heterocycles. The maximum Gasteiger partial charge on any atom is 0.254 e. The van der Waals surface area contributed by atoms with Crippen molar-refractivity contribution in [1.29, 1.82) is 0 Å². The standard InChI is InChI=1S/C16H23BrN2O2/c1-10(2)21-15-8-12(7-13(17)9-15)16(20)19-5-4-14(18)6-11(19)3/h7-11,14H,4-6,18H2,1-3H3. The number of nitrogens with two attached hydrogens (primary N) is 1. The van der Waals surface area contributed by atoms with Gasteiger partial charge in [-0.05, 0) is 51.8 Å². The Balaban J connectivity index is 2.20. The highest BCUT2D eigenvalue weighted by Crippen LogP contribution is 2.25. The number of carbonyl (C=O) groups excluding carboxylic acids is 1. The van der Waals surface area contributed by atoms with Crippen LogP contribution in [-0.2, 0) is 0 Å². The molecule has 1 heterocycles. The molecular weight excluding hydrogens is 332 g/mol. The Labute approximate surface area is 134 Å². The molecule has 0 aromatic heterocycles. The van der Waals surface area contributed by atoms with Crippen LogP contribution in [0.2, 0.25) is 0 Å². The van der Waals surface area contributed by atoms with Crippen molar-refractivity contribution < 1.29 is 9.53 Å². The smallest absolute Gasteiger partial charge is 0.254 e. The number of benzene rings is 1. The number of ether oxygens (including phenoxy) is 1. The topological polar surface area (TPSA) is 55.6 Å². The van der Waals surface area contributed by atoms with E-state index in [2.05, 4.69) is 22.9 Å². The second-order valence-corrected chi connectivity index (χ2v) is 6.89. The number of hydrogen-bond donors (Lipinski definition) is 1. The monoisotopic (exact) mass is 354 g/mol. The molecule has 2 atom stereocenters. The van der Waals surface area contributed by atoms with Gasteiger partial charge < -0.3 is 15.4 Å². The Morgan fingerprint density at radius 3 is 2.76 bits per heavy atom. The Morgan fingerprint density at radius 2 is 2.14 bits per heavy atom. The number of likely N-dealkylation sites (tertiary alicyclic amines) is 1. The lowest BCUT2D eigenvalue weighted by Crippen LogP contribution is -2.48. The molecule has 0 radical (unpaired) electrons. The van der Waals surface area contributed by atoms with E-state index in [0.29, 0.717) is 17.9 Å². The van der Waals surface area contributed by atoms with Gasteiger partial charge in [-0.15, -0.1) is 0 Å². The van der Waals surface area contributed by atoms with Gasteiger partial charge in [0.25, 0.3) is 5.91 Å². The molecule has 2 unspecified atom stereocenters. The van der Waals surface area contributed by atoms with Crippen molar-refractivity contribution in [3.8, 4) is 5.75 Å². The number of nitrogens with zero attached hydrogens (tertiary/aromatic N) is 1. The second kappa shape index (κ2) is 6.79. The molecule has 2 N–H and O–H groups in total. The third kappa shape index (κ3) is 4.20. The van der Waals surface area contributed by atoms with Crippen molar-refractivity contribution in [1.82, 2.24) is 4.90 Å². The van der Waals surface area contributed by atoms with E-state index in [9.17, 15) is 4.79 Å². The molecule has 21 heavy (non-hydrogen) atoms. The van der Waals surface area contributed by atoms with Crippen molar-refractivity contribution in [3.63, 3.8) is 0 Å². The molecule has 1 aliphatic rings. The van der Waals surface area contributed by atoms with Crippen LogP contribution >= 0.6 is 15.9 Å². The number of piperidine rings is 1. The van der Waals surface area contributed by atoms with Gasteiger partial charge in [-0.3, -0.25) is 4.79 Å². The average molecular weight is 355 g/mol. The van der Waals surface area contributed by atoms with Crippen LogP contribution in [0.5, 0.6) is 5.75 Å². The first kappa shape index (κ1) is 16.3. The SMILES string of the molecule is CC(C)Oc1cc(Br)cc(C(=O)N2CCC(N)CC2C)c1. The Bertz CT molecular complexity index is 519. The summed E-state index contributed by atoms with van der Waals surface area (Å²) in [5, 5.41) is 0. The number of carbonyl (C=O) groups is 1. The molecule has 116 valence electrons. The van der Waals surface area contributed by atoms with E-state index in [1.165, 1.54) is 0 Å². The maximum atomic E-state index is 12.7. The predicted octanol–water partition coefficient (Wildman–Crippen LogP) is 3.19. The molecule has 1 fully saturated rings. The molecule has 1 aromatic carbocycles. The van der Waals surface area contributed by atoms with Gasteiger partial charge in [-0.2, -0.15) is 0 Å². The number of halogens is 1. The molecule has 0 bridgehead atoms. The summed E-state index contributed by atoms with van der Waals surface area (Å²) >= 11 is 3.45. The fourth-order valence-corrected chi connectivity index (χ4v) is 3.17. The minimum absolute atomic E-state index is 0.0457. The lowest BCUT2D eigenvalue weighted by atomic mass is 9.98. The molecule has 1 amide bonds. The largest absolute Gasteiger partial charge is 0.491 e. The van der Waals surface area contributed by atoms with Gasteiger partial charge in [0.15, 0.2) is 0 Å². The van der Waals surface area contributed by atoms with E-state index >= 15 is 0 Å². The summed E-state index contributed by atoms with van der Waals surface area (Å²) in [4.78, 5) is 14.6. The summed E-state index contributed by atoms with van der Waals surface area (Å²) in [7, 11) is 0. The summed E-state index contributed by atoms with van der Waals surface area (Å²) in [6.45, 7) is 6.71. The fourth-order valence-electron chi connectivity index (χ4n) is 2.70. The Hall–Kier alpha value is -1.07. The molecular formula is C16H23BrN2O2. The van der Waals surface area contributed by atoms with Crippen molar-refractivity contribution in [2.75, 3.05) is 6.54 Å². The third-order valence-corrected chi connectivity index (χ3v) is 4.13. The van der Waals surface area contributed by atoms with Gasteiger partial charge in [0.05, 0.1) is 6.10 Å². The van der Waals surface area contributed by atoms with E-state index in [1.807, 2.05) is 36.9 Å². The summed E-state index contributed by atoms with van der Waals surface area (Å²) < 4.78 is 6.55. The van der Waals surface area contributed by atoms with Gasteiger partial charge in [0, 0.05) is 28.7 Å². The number of rotatable bonds is 3. The number of hydrogen-bond acceptors (Lipinski definition) is 3. The molecule has 0 aliphatic carbocycles. The highest BCUT2D eigenvalue weighted by molar-refractivity contribution is 9.10. The van der Waals surface area contributed by atoms with Crippen LogP contribution in [0.3, 0.4) is 0 Å². The predicted molar refractivity (Wildman–Crippen MR) is 87.6 cm³/mol. The van der Waals surface area contributed by atoms with Crippen LogP contribution in [0, 0.1) is 0 Å². The molecule has 0 saturated carbocycles. The van der Waals surface area contributed by atoms with Crippen molar-refractivity contribution in [2.45, 2.75) is 51.8 Å². The van der Waals surface area contributed by atoms with E-state index in [4.69, 9.17) is 10.5 Å². The van der Waals surface area contributed by atoms with E-state index in [1.54, 1.807) is 0 Å². The number of amides is 1. The average Bonchev–Trinajstić information content (AvgIpc) is 2.36. The molecule has 0 spiro atoms. The van der Waals surface area contributed by atoms with E-state index < -0.39 is 0 Å². The van der Waals surface area contributed by atoms with Crippen molar-refractivity contribution >= 4 is 21.8 Å². The minimum Gasteiger partial charge on any atom is -0.491 e. The summed E-state index contributed by atoms with van der Waals surface area (Å²) in [6, 6.07) is 5.92. The quantitative estimate of drug-likeness (QED) is 0.906. The molecule has 1 saturated heterocycles. The lowest BCUT2D eigenvalue weighted by molar-refractivity contribution is 0.0618. The fraction of sp³-hybridized carbons (Fsp3) is 0.562. The molecule has 4 nitrogen and oxygen atoms in total. The van der Waals surface area contributed by atoms with E-state index in [0.717, 1.165) is 17.3 Å². The summed E-state index contributed by atoms with van der Waals surface area (Å²) in [6.07, 6.45) is 1.79. The van der Waals surface area contributed by atoms with Crippen LogP contribution in [0.25, 0.3) is 0 Å². The second-order valence-electron chi connectivity index (χ2n) is 5.97.